The molecular formula is C23H27N3O5S. The summed E-state index contributed by atoms with van der Waals surface area (Å²) in [7, 11) is -4.03. The van der Waals surface area contributed by atoms with Crippen molar-refractivity contribution in [2.45, 2.75) is 23.8 Å². The summed E-state index contributed by atoms with van der Waals surface area (Å²) < 4.78 is 27.8. The molecule has 4 atom stereocenters. The first-order valence-corrected chi connectivity index (χ1v) is 12.2. The predicted octanol–water partition coefficient (Wildman–Crippen LogP) is 2.95. The average molecular weight is 458 g/mol. The fraction of sp³-hybridized carbons (Fsp3) is 0.391. The standard InChI is InChI=1S/C23H27N3O5S/c27-22(15-24-14-19-13-17-6-7-18(19)12-17)16-25(20-4-2-1-3-5-20)32(30,31)23-10-8-21(9-11-23)26(28)29/h1-11,17-19,22,24,27H,12-16H2. The fourth-order valence-corrected chi connectivity index (χ4v) is 6.13. The first kappa shape index (κ1) is 22.4. The number of nitrogens with zero attached hydrogens (tertiary/aromatic N) is 2. The third kappa shape index (κ3) is 4.85. The van der Waals surface area contributed by atoms with Crippen LogP contribution in [0.2, 0.25) is 0 Å². The van der Waals surface area contributed by atoms with Gasteiger partial charge in [-0.2, -0.15) is 0 Å². The number of non-ortho nitro benzene ring substituents is 1. The van der Waals surface area contributed by atoms with Gasteiger partial charge < -0.3 is 10.4 Å². The van der Waals surface area contributed by atoms with E-state index >= 15 is 0 Å². The highest BCUT2D eigenvalue weighted by atomic mass is 32.2. The van der Waals surface area contributed by atoms with Crippen molar-refractivity contribution in [1.82, 2.24) is 5.32 Å². The van der Waals surface area contributed by atoms with E-state index in [1.807, 2.05) is 0 Å². The Hall–Kier alpha value is -2.75. The third-order valence-corrected chi connectivity index (χ3v) is 8.07. The normalized spacial score (nSPS) is 22.7. The molecule has 32 heavy (non-hydrogen) atoms. The van der Waals surface area contributed by atoms with Crippen molar-refractivity contribution < 1.29 is 18.4 Å². The van der Waals surface area contributed by atoms with Gasteiger partial charge in [-0.05, 0) is 61.4 Å². The van der Waals surface area contributed by atoms with Gasteiger partial charge in [-0.15, -0.1) is 0 Å². The van der Waals surface area contributed by atoms with Gasteiger partial charge >= 0.3 is 0 Å². The maximum atomic E-state index is 13.3. The molecule has 0 heterocycles. The lowest BCUT2D eigenvalue weighted by Gasteiger charge is -2.27. The summed E-state index contributed by atoms with van der Waals surface area (Å²) in [5, 5.41) is 24.8. The molecule has 0 saturated heterocycles. The lowest BCUT2D eigenvalue weighted by atomic mass is 9.93. The fourth-order valence-electron chi connectivity index (χ4n) is 4.62. The molecule has 0 aromatic heterocycles. The van der Waals surface area contributed by atoms with Gasteiger partial charge in [0, 0.05) is 18.7 Å². The number of nitro groups is 1. The lowest BCUT2D eigenvalue weighted by Crippen LogP contribution is -2.42. The summed E-state index contributed by atoms with van der Waals surface area (Å²) >= 11 is 0. The number of nitro benzene ring substituents is 1. The molecule has 1 fully saturated rings. The zero-order valence-corrected chi connectivity index (χ0v) is 18.4. The van der Waals surface area contributed by atoms with Gasteiger partial charge in [0.25, 0.3) is 15.7 Å². The predicted molar refractivity (Wildman–Crippen MR) is 122 cm³/mol. The number of rotatable bonds is 10. The highest BCUT2D eigenvalue weighted by Gasteiger charge is 2.35. The van der Waals surface area contributed by atoms with Crippen LogP contribution in [0, 0.1) is 27.9 Å². The number of aliphatic hydroxyl groups excluding tert-OH is 1. The second kappa shape index (κ2) is 9.40. The topological polar surface area (TPSA) is 113 Å². The van der Waals surface area contributed by atoms with E-state index in [2.05, 4.69) is 17.5 Å². The van der Waals surface area contributed by atoms with Gasteiger partial charge in [0.05, 0.1) is 28.2 Å². The van der Waals surface area contributed by atoms with Crippen molar-refractivity contribution >= 4 is 21.4 Å². The van der Waals surface area contributed by atoms with Gasteiger partial charge in [-0.1, -0.05) is 30.4 Å². The molecule has 0 aliphatic heterocycles. The van der Waals surface area contributed by atoms with Crippen LogP contribution in [-0.2, 0) is 10.0 Å². The first-order chi connectivity index (χ1) is 15.3. The van der Waals surface area contributed by atoms with Crippen LogP contribution in [0.1, 0.15) is 12.8 Å². The van der Waals surface area contributed by atoms with Crippen LogP contribution < -0.4 is 9.62 Å². The van der Waals surface area contributed by atoms with Crippen LogP contribution >= 0.6 is 0 Å². The van der Waals surface area contributed by atoms with E-state index in [4.69, 9.17) is 0 Å². The van der Waals surface area contributed by atoms with Crippen LogP contribution in [0.5, 0.6) is 0 Å². The zero-order valence-electron chi connectivity index (χ0n) is 17.6. The largest absolute Gasteiger partial charge is 0.390 e. The van der Waals surface area contributed by atoms with Crippen LogP contribution in [0.15, 0.2) is 71.6 Å². The molecule has 0 radical (unpaired) electrons. The highest BCUT2D eigenvalue weighted by molar-refractivity contribution is 7.92. The molecular weight excluding hydrogens is 430 g/mol. The number of para-hydroxylation sites is 1. The van der Waals surface area contributed by atoms with Crippen LogP contribution in [0.3, 0.4) is 0 Å². The van der Waals surface area contributed by atoms with Crippen molar-refractivity contribution in [2.24, 2.45) is 17.8 Å². The summed E-state index contributed by atoms with van der Waals surface area (Å²) in [6.45, 7) is 0.937. The summed E-state index contributed by atoms with van der Waals surface area (Å²) in [5.41, 5.74) is 0.234. The minimum absolute atomic E-state index is 0.0686. The van der Waals surface area contributed by atoms with E-state index in [9.17, 15) is 23.6 Å². The molecule has 0 spiro atoms. The number of aliphatic hydroxyl groups is 1. The van der Waals surface area contributed by atoms with E-state index in [1.165, 1.54) is 18.6 Å². The van der Waals surface area contributed by atoms with Crippen LogP contribution in [0.4, 0.5) is 11.4 Å². The quantitative estimate of drug-likeness (QED) is 0.322. The summed E-state index contributed by atoms with van der Waals surface area (Å²) in [4.78, 5) is 10.3. The van der Waals surface area contributed by atoms with Crippen molar-refractivity contribution in [3.63, 3.8) is 0 Å². The minimum atomic E-state index is -4.03. The number of allylic oxidation sites excluding steroid dienone is 2. The van der Waals surface area contributed by atoms with Crippen molar-refractivity contribution in [1.29, 1.82) is 0 Å². The number of hydrogen-bond donors (Lipinski definition) is 2. The molecule has 2 aromatic carbocycles. The molecule has 2 aliphatic carbocycles. The second-order valence-electron chi connectivity index (χ2n) is 8.48. The van der Waals surface area contributed by atoms with Crippen molar-refractivity contribution in [3.8, 4) is 0 Å². The van der Waals surface area contributed by atoms with Gasteiger partial charge in [0.1, 0.15) is 0 Å². The minimum Gasteiger partial charge on any atom is -0.390 e. The SMILES string of the molecule is O=[N+]([O-])c1ccc(S(=O)(=O)N(CC(O)CNCC2CC3C=CC2C3)c2ccccc2)cc1. The van der Waals surface area contributed by atoms with Gasteiger partial charge in [-0.25, -0.2) is 8.42 Å². The Balaban J connectivity index is 1.45. The van der Waals surface area contributed by atoms with Gasteiger partial charge in [0.15, 0.2) is 0 Å². The summed E-state index contributed by atoms with van der Waals surface area (Å²) in [5.74, 6) is 1.84. The lowest BCUT2D eigenvalue weighted by molar-refractivity contribution is -0.384. The number of hydrogen-bond acceptors (Lipinski definition) is 6. The molecule has 2 N–H and O–H groups in total. The molecule has 8 nitrogen and oxygen atoms in total. The number of nitrogens with one attached hydrogen (secondary N) is 1. The second-order valence-corrected chi connectivity index (χ2v) is 10.3. The van der Waals surface area contributed by atoms with E-state index in [0.717, 1.165) is 29.4 Å². The van der Waals surface area contributed by atoms with E-state index in [-0.39, 0.29) is 23.7 Å². The third-order valence-electron chi connectivity index (χ3n) is 6.26. The molecule has 0 amide bonds. The molecule has 4 rings (SSSR count). The molecule has 2 aromatic rings. The molecule has 4 unspecified atom stereocenters. The zero-order chi connectivity index (χ0) is 22.7. The van der Waals surface area contributed by atoms with Crippen LogP contribution in [-0.4, -0.2) is 44.2 Å². The number of fused-ring (bicyclic) bond motifs is 2. The maximum Gasteiger partial charge on any atom is 0.269 e. The van der Waals surface area contributed by atoms with Crippen molar-refractivity contribution in [2.75, 3.05) is 23.9 Å². The Morgan fingerprint density at radius 2 is 1.81 bits per heavy atom. The maximum absolute atomic E-state index is 13.3. The molecule has 170 valence electrons. The monoisotopic (exact) mass is 457 g/mol. The Bertz CT molecular complexity index is 1070. The van der Waals surface area contributed by atoms with Gasteiger partial charge in [-0.3, -0.25) is 14.4 Å². The Morgan fingerprint density at radius 1 is 1.09 bits per heavy atom. The molecule has 2 aliphatic rings. The number of anilines is 1. The number of sulfonamides is 1. The molecule has 1 saturated carbocycles. The van der Waals surface area contributed by atoms with E-state index in [0.29, 0.717) is 23.4 Å². The molecule has 2 bridgehead atoms. The van der Waals surface area contributed by atoms with Crippen LogP contribution in [0.25, 0.3) is 0 Å². The first-order valence-electron chi connectivity index (χ1n) is 10.7. The Kier molecular flexibility index (Phi) is 6.59. The summed E-state index contributed by atoms with van der Waals surface area (Å²) in [6.07, 6.45) is 6.03. The average Bonchev–Trinajstić information content (AvgIpc) is 3.41. The Labute approximate surface area is 187 Å². The Morgan fingerprint density at radius 3 is 2.41 bits per heavy atom. The van der Waals surface area contributed by atoms with E-state index < -0.39 is 21.1 Å². The molecule has 9 heteroatoms. The summed E-state index contributed by atoms with van der Waals surface area (Å²) in [6, 6.07) is 13.3. The van der Waals surface area contributed by atoms with Crippen molar-refractivity contribution in [3.05, 3.63) is 76.9 Å². The van der Waals surface area contributed by atoms with Gasteiger partial charge in [0.2, 0.25) is 0 Å². The van der Waals surface area contributed by atoms with E-state index in [1.54, 1.807) is 30.3 Å². The smallest absolute Gasteiger partial charge is 0.269 e. The highest BCUT2D eigenvalue weighted by Crippen LogP contribution is 2.42. The number of benzene rings is 2.